The van der Waals surface area contributed by atoms with Gasteiger partial charge >= 0.3 is 0 Å². The standard InChI is InChI=1S/C62H38N4/c63-39-40-25-27-42(28-26-40)48-18-12-19-50(38-48)61-64-60(65-62(66-61)55-24-11-8-20-51(55)43-14-2-1-3-15-43)46-32-30-45(31-33-46)58-54-23-10-9-22-53(54)57(49-34-29-41-13-4-5-17-47(41)37-49)56-36-35-44-16-6-7-21-52(44)59(56)58/h1-38H. The molecule has 1 heterocycles. The Labute approximate surface area is 382 Å². The number of hydrogen-bond donors (Lipinski definition) is 0. The van der Waals surface area contributed by atoms with E-state index in [1.807, 2.05) is 48.5 Å². The van der Waals surface area contributed by atoms with E-state index < -0.39 is 0 Å². The van der Waals surface area contributed by atoms with Gasteiger partial charge in [-0.05, 0) is 112 Å². The Morgan fingerprint density at radius 1 is 0.288 bits per heavy atom. The zero-order valence-corrected chi connectivity index (χ0v) is 35.7. The zero-order valence-electron chi connectivity index (χ0n) is 35.7. The van der Waals surface area contributed by atoms with Crippen LogP contribution in [0.1, 0.15) is 5.56 Å². The van der Waals surface area contributed by atoms with Gasteiger partial charge in [0.05, 0.1) is 11.6 Å². The van der Waals surface area contributed by atoms with Crippen molar-refractivity contribution in [3.63, 3.8) is 0 Å². The van der Waals surface area contributed by atoms with E-state index >= 15 is 0 Å². The molecule has 12 aromatic rings. The molecular formula is C62H38N4. The number of benzene rings is 11. The van der Waals surface area contributed by atoms with Crippen molar-refractivity contribution in [3.8, 4) is 84.7 Å². The Kier molecular flexibility index (Phi) is 9.51. The summed E-state index contributed by atoms with van der Waals surface area (Å²) in [6.07, 6.45) is 0. The topological polar surface area (TPSA) is 62.5 Å². The van der Waals surface area contributed by atoms with Crippen molar-refractivity contribution in [1.82, 2.24) is 15.0 Å². The first-order chi connectivity index (χ1) is 32.7. The fourth-order valence-corrected chi connectivity index (χ4v) is 9.57. The predicted molar refractivity (Wildman–Crippen MR) is 273 cm³/mol. The second kappa shape index (κ2) is 16.3. The van der Waals surface area contributed by atoms with E-state index in [2.05, 4.69) is 188 Å². The highest BCUT2D eigenvalue weighted by atomic mass is 15.0. The van der Waals surface area contributed by atoms with Crippen molar-refractivity contribution >= 4 is 43.1 Å². The lowest BCUT2D eigenvalue weighted by atomic mass is 9.83. The fourth-order valence-electron chi connectivity index (χ4n) is 9.57. The summed E-state index contributed by atoms with van der Waals surface area (Å²) in [5.74, 6) is 1.75. The minimum Gasteiger partial charge on any atom is -0.208 e. The number of hydrogen-bond acceptors (Lipinski definition) is 4. The molecule has 0 amide bonds. The maximum Gasteiger partial charge on any atom is 0.164 e. The fraction of sp³-hybridized carbons (Fsp3) is 0. The first-order valence-electron chi connectivity index (χ1n) is 22.1. The molecule has 0 saturated carbocycles. The van der Waals surface area contributed by atoms with Crippen molar-refractivity contribution in [2.75, 3.05) is 0 Å². The van der Waals surface area contributed by atoms with Crippen molar-refractivity contribution in [2.45, 2.75) is 0 Å². The number of fused-ring (bicyclic) bond motifs is 5. The Hall–Kier alpha value is -9.04. The van der Waals surface area contributed by atoms with Gasteiger partial charge in [0.25, 0.3) is 0 Å². The van der Waals surface area contributed by atoms with Crippen LogP contribution >= 0.6 is 0 Å². The summed E-state index contributed by atoms with van der Waals surface area (Å²) >= 11 is 0. The van der Waals surface area contributed by atoms with Crippen LogP contribution in [0.3, 0.4) is 0 Å². The van der Waals surface area contributed by atoms with Gasteiger partial charge in [0, 0.05) is 16.7 Å². The molecule has 0 atom stereocenters. The summed E-state index contributed by atoms with van der Waals surface area (Å²) in [6, 6.07) is 83.1. The van der Waals surface area contributed by atoms with Gasteiger partial charge in [-0.25, -0.2) is 15.0 Å². The van der Waals surface area contributed by atoms with Crippen LogP contribution in [0, 0.1) is 11.3 Å². The van der Waals surface area contributed by atoms with Crippen LogP contribution in [0.15, 0.2) is 231 Å². The average molecular weight is 839 g/mol. The molecule has 0 N–H and O–H groups in total. The molecule has 11 aromatic carbocycles. The molecule has 1 aromatic heterocycles. The SMILES string of the molecule is N#Cc1ccc(-c2cccc(-c3nc(-c4ccc(-c5c6ccccc6c(-c6ccc7ccccc7c6)c6ccc7ccccc7c56)cc4)nc(-c4ccccc4-c4ccccc4)n3)c2)cc1. The van der Waals surface area contributed by atoms with E-state index in [1.165, 1.54) is 59.8 Å². The molecule has 0 radical (unpaired) electrons. The molecule has 0 unspecified atom stereocenters. The Balaban J connectivity index is 1.04. The quantitative estimate of drug-likeness (QED) is 0.118. The van der Waals surface area contributed by atoms with Crippen LogP contribution < -0.4 is 0 Å². The smallest absolute Gasteiger partial charge is 0.164 e. The normalized spacial score (nSPS) is 11.3. The Morgan fingerprint density at radius 2 is 0.833 bits per heavy atom. The average Bonchev–Trinajstić information content (AvgIpc) is 3.40. The highest BCUT2D eigenvalue weighted by Crippen LogP contribution is 2.47. The molecule has 0 fully saturated rings. The summed E-state index contributed by atoms with van der Waals surface area (Å²) < 4.78 is 0. The van der Waals surface area contributed by atoms with E-state index in [0.29, 0.717) is 23.0 Å². The monoisotopic (exact) mass is 838 g/mol. The molecule has 0 bridgehead atoms. The second-order valence-corrected chi connectivity index (χ2v) is 16.6. The Bertz CT molecular complexity index is 3870. The minimum absolute atomic E-state index is 0.574. The van der Waals surface area contributed by atoms with E-state index in [-0.39, 0.29) is 0 Å². The summed E-state index contributed by atoms with van der Waals surface area (Å²) in [7, 11) is 0. The lowest BCUT2D eigenvalue weighted by Crippen LogP contribution is -2.01. The zero-order chi connectivity index (χ0) is 44.0. The molecule has 66 heavy (non-hydrogen) atoms. The number of aromatic nitrogens is 3. The Morgan fingerprint density at radius 3 is 1.61 bits per heavy atom. The van der Waals surface area contributed by atoms with E-state index in [4.69, 9.17) is 15.0 Å². The predicted octanol–water partition coefficient (Wildman–Crippen LogP) is 16.0. The van der Waals surface area contributed by atoms with Crippen LogP contribution in [0.25, 0.3) is 122 Å². The molecular weight excluding hydrogens is 801 g/mol. The lowest BCUT2D eigenvalue weighted by Gasteiger charge is -2.20. The molecule has 0 saturated heterocycles. The number of rotatable bonds is 7. The van der Waals surface area contributed by atoms with E-state index in [1.54, 1.807) is 0 Å². The maximum absolute atomic E-state index is 9.42. The van der Waals surface area contributed by atoms with Gasteiger partial charge in [0.1, 0.15) is 0 Å². The first-order valence-corrected chi connectivity index (χ1v) is 22.1. The lowest BCUT2D eigenvalue weighted by molar-refractivity contribution is 1.07. The molecule has 0 aliphatic carbocycles. The van der Waals surface area contributed by atoms with Gasteiger partial charge in [0.2, 0.25) is 0 Å². The molecule has 12 rings (SSSR count). The van der Waals surface area contributed by atoms with Crippen LogP contribution in [0.5, 0.6) is 0 Å². The van der Waals surface area contributed by atoms with Gasteiger partial charge in [-0.15, -0.1) is 0 Å². The molecule has 0 spiro atoms. The summed E-state index contributed by atoms with van der Waals surface area (Å²) in [6.45, 7) is 0. The number of nitrogens with zero attached hydrogens (tertiary/aromatic N) is 4. The summed E-state index contributed by atoms with van der Waals surface area (Å²) in [5, 5.41) is 19.1. The molecule has 306 valence electrons. The highest BCUT2D eigenvalue weighted by molar-refractivity contribution is 6.28. The highest BCUT2D eigenvalue weighted by Gasteiger charge is 2.21. The van der Waals surface area contributed by atoms with Crippen molar-refractivity contribution < 1.29 is 0 Å². The molecule has 4 nitrogen and oxygen atoms in total. The molecule has 0 aliphatic rings. The van der Waals surface area contributed by atoms with Crippen LogP contribution in [-0.4, -0.2) is 15.0 Å². The third-order valence-electron chi connectivity index (χ3n) is 12.7. The second-order valence-electron chi connectivity index (χ2n) is 16.6. The summed E-state index contributed by atoms with van der Waals surface area (Å²) in [4.78, 5) is 15.6. The maximum atomic E-state index is 9.42. The summed E-state index contributed by atoms with van der Waals surface area (Å²) in [5.41, 5.74) is 12.2. The molecule has 4 heteroatoms. The van der Waals surface area contributed by atoms with E-state index in [9.17, 15) is 5.26 Å². The third-order valence-corrected chi connectivity index (χ3v) is 12.7. The van der Waals surface area contributed by atoms with Crippen LogP contribution in [-0.2, 0) is 0 Å². The van der Waals surface area contributed by atoms with Gasteiger partial charge in [0.15, 0.2) is 17.5 Å². The first kappa shape index (κ1) is 38.6. The van der Waals surface area contributed by atoms with Gasteiger partial charge < -0.3 is 0 Å². The van der Waals surface area contributed by atoms with Crippen molar-refractivity contribution in [1.29, 1.82) is 5.26 Å². The van der Waals surface area contributed by atoms with Crippen molar-refractivity contribution in [3.05, 3.63) is 236 Å². The molecule has 0 aliphatic heterocycles. The van der Waals surface area contributed by atoms with Crippen LogP contribution in [0.2, 0.25) is 0 Å². The van der Waals surface area contributed by atoms with Crippen LogP contribution in [0.4, 0.5) is 0 Å². The van der Waals surface area contributed by atoms with Gasteiger partial charge in [-0.2, -0.15) is 5.26 Å². The van der Waals surface area contributed by atoms with Gasteiger partial charge in [-0.3, -0.25) is 0 Å². The number of nitriles is 1. The minimum atomic E-state index is 0.574. The van der Waals surface area contributed by atoms with E-state index in [0.717, 1.165) is 44.5 Å². The van der Waals surface area contributed by atoms with Crippen molar-refractivity contribution in [2.24, 2.45) is 0 Å². The largest absolute Gasteiger partial charge is 0.208 e. The van der Waals surface area contributed by atoms with Gasteiger partial charge in [-0.1, -0.05) is 206 Å². The third kappa shape index (κ3) is 6.84.